The molecule has 2 aromatic heterocycles. The number of carbonyl (C=O) groups is 1. The smallest absolute Gasteiger partial charge is 0.323 e. The van der Waals surface area contributed by atoms with Crippen LogP contribution in [0.25, 0.3) is 22.3 Å². The molecule has 3 heterocycles. The van der Waals surface area contributed by atoms with Gasteiger partial charge in [-0.15, -0.1) is 0 Å². The molecule has 138 valence electrons. The number of aromatic nitrogens is 3. The van der Waals surface area contributed by atoms with Crippen LogP contribution in [0.4, 0.5) is 5.95 Å². The van der Waals surface area contributed by atoms with Gasteiger partial charge >= 0.3 is 5.97 Å². The molecule has 0 aliphatic carbocycles. The second kappa shape index (κ2) is 7.16. The van der Waals surface area contributed by atoms with Crippen LogP contribution in [0.1, 0.15) is 0 Å². The molecule has 3 aromatic rings. The van der Waals surface area contributed by atoms with E-state index in [9.17, 15) is 14.7 Å². The monoisotopic (exact) mass is 366 g/mol. The van der Waals surface area contributed by atoms with Crippen molar-refractivity contribution in [1.29, 1.82) is 0 Å². The highest BCUT2D eigenvalue weighted by atomic mass is 16.5. The SMILES string of the molecule is O=C(O)Cn1c(N2CCOCC2)nc2ccc(-c3ccccc3)nc2c1=O. The van der Waals surface area contributed by atoms with Crippen LogP contribution in [0.5, 0.6) is 0 Å². The van der Waals surface area contributed by atoms with Crippen LogP contribution < -0.4 is 10.5 Å². The maximum absolute atomic E-state index is 13.1. The van der Waals surface area contributed by atoms with Crippen molar-refractivity contribution in [2.45, 2.75) is 6.54 Å². The first-order chi connectivity index (χ1) is 13.1. The number of hydrogen-bond donors (Lipinski definition) is 1. The van der Waals surface area contributed by atoms with E-state index in [1.165, 1.54) is 4.57 Å². The Morgan fingerprint density at radius 1 is 1.07 bits per heavy atom. The second-order valence-corrected chi connectivity index (χ2v) is 6.23. The summed E-state index contributed by atoms with van der Waals surface area (Å²) in [4.78, 5) is 35.3. The van der Waals surface area contributed by atoms with Gasteiger partial charge in [0, 0.05) is 18.7 Å². The van der Waals surface area contributed by atoms with Crippen LogP contribution >= 0.6 is 0 Å². The van der Waals surface area contributed by atoms with Crippen molar-refractivity contribution in [1.82, 2.24) is 14.5 Å². The molecule has 4 rings (SSSR count). The largest absolute Gasteiger partial charge is 0.480 e. The minimum atomic E-state index is -1.10. The molecule has 1 aliphatic rings. The van der Waals surface area contributed by atoms with Crippen LogP contribution in [-0.2, 0) is 16.1 Å². The van der Waals surface area contributed by atoms with Crippen molar-refractivity contribution in [3.8, 4) is 11.3 Å². The number of rotatable bonds is 4. The molecule has 1 saturated heterocycles. The molecule has 1 aromatic carbocycles. The Hall–Kier alpha value is -3.26. The summed E-state index contributed by atoms with van der Waals surface area (Å²) < 4.78 is 6.52. The molecule has 1 N–H and O–H groups in total. The normalized spacial score (nSPS) is 14.4. The van der Waals surface area contributed by atoms with Gasteiger partial charge in [-0.05, 0) is 12.1 Å². The summed E-state index contributed by atoms with van der Waals surface area (Å²) in [6, 6.07) is 13.1. The van der Waals surface area contributed by atoms with Gasteiger partial charge in [0.25, 0.3) is 5.56 Å². The first kappa shape index (κ1) is 17.2. The Morgan fingerprint density at radius 3 is 2.52 bits per heavy atom. The zero-order chi connectivity index (χ0) is 18.8. The third kappa shape index (κ3) is 3.39. The van der Waals surface area contributed by atoms with E-state index in [2.05, 4.69) is 9.97 Å². The van der Waals surface area contributed by atoms with Crippen LogP contribution in [0.2, 0.25) is 0 Å². The van der Waals surface area contributed by atoms with Gasteiger partial charge in [-0.25, -0.2) is 9.97 Å². The molecule has 0 bridgehead atoms. The fourth-order valence-electron chi connectivity index (χ4n) is 3.14. The number of ether oxygens (including phenoxy) is 1. The van der Waals surface area contributed by atoms with Gasteiger partial charge in [-0.3, -0.25) is 14.2 Å². The molecule has 0 radical (unpaired) electrons. The van der Waals surface area contributed by atoms with Crippen molar-refractivity contribution >= 4 is 23.0 Å². The number of carboxylic acids is 1. The zero-order valence-electron chi connectivity index (χ0n) is 14.5. The molecular formula is C19H18N4O4. The van der Waals surface area contributed by atoms with Crippen molar-refractivity contribution in [3.63, 3.8) is 0 Å². The Kier molecular flexibility index (Phi) is 4.55. The maximum Gasteiger partial charge on any atom is 0.323 e. The van der Waals surface area contributed by atoms with E-state index in [1.54, 1.807) is 6.07 Å². The molecular weight excluding hydrogens is 348 g/mol. The molecule has 27 heavy (non-hydrogen) atoms. The fourth-order valence-corrected chi connectivity index (χ4v) is 3.14. The number of nitrogens with zero attached hydrogens (tertiary/aromatic N) is 4. The summed E-state index contributed by atoms with van der Waals surface area (Å²) in [5.74, 6) is -0.764. The molecule has 0 amide bonds. The average Bonchev–Trinajstić information content (AvgIpc) is 2.71. The third-order valence-corrected chi connectivity index (χ3v) is 4.44. The van der Waals surface area contributed by atoms with Crippen LogP contribution in [0, 0.1) is 0 Å². The molecule has 8 heteroatoms. The van der Waals surface area contributed by atoms with Crippen molar-refractivity contribution in [2.75, 3.05) is 31.2 Å². The minimum Gasteiger partial charge on any atom is -0.480 e. The Morgan fingerprint density at radius 2 is 1.81 bits per heavy atom. The maximum atomic E-state index is 13.1. The highest BCUT2D eigenvalue weighted by Gasteiger charge is 2.21. The van der Waals surface area contributed by atoms with Gasteiger partial charge in [-0.2, -0.15) is 0 Å². The molecule has 1 fully saturated rings. The highest BCUT2D eigenvalue weighted by molar-refractivity contribution is 5.79. The van der Waals surface area contributed by atoms with Crippen LogP contribution in [0.15, 0.2) is 47.3 Å². The predicted molar refractivity (Wildman–Crippen MR) is 99.9 cm³/mol. The number of fused-ring (bicyclic) bond motifs is 1. The number of anilines is 1. The van der Waals surface area contributed by atoms with E-state index in [4.69, 9.17) is 4.74 Å². The molecule has 0 spiro atoms. The summed E-state index contributed by atoms with van der Waals surface area (Å²) in [7, 11) is 0. The number of benzene rings is 1. The lowest BCUT2D eigenvalue weighted by Crippen LogP contribution is -2.41. The topological polar surface area (TPSA) is 97.6 Å². The quantitative estimate of drug-likeness (QED) is 0.745. The number of carboxylic acid groups (broad SMARTS) is 1. The third-order valence-electron chi connectivity index (χ3n) is 4.44. The summed E-state index contributed by atoms with van der Waals surface area (Å²) in [5, 5.41) is 9.27. The van der Waals surface area contributed by atoms with E-state index in [0.717, 1.165) is 5.56 Å². The number of aliphatic carboxylic acids is 1. The molecule has 1 aliphatic heterocycles. The lowest BCUT2D eigenvalue weighted by atomic mass is 10.1. The lowest BCUT2D eigenvalue weighted by molar-refractivity contribution is -0.137. The molecule has 0 atom stereocenters. The summed E-state index contributed by atoms with van der Waals surface area (Å²) in [5.41, 5.74) is 1.67. The van der Waals surface area contributed by atoms with Gasteiger partial charge in [-0.1, -0.05) is 30.3 Å². The molecule has 0 saturated carbocycles. The second-order valence-electron chi connectivity index (χ2n) is 6.23. The van der Waals surface area contributed by atoms with Gasteiger partial charge in [0.2, 0.25) is 5.95 Å². The summed E-state index contributed by atoms with van der Waals surface area (Å²) >= 11 is 0. The Balaban J connectivity index is 1.89. The Labute approximate surface area is 154 Å². The van der Waals surface area contributed by atoms with E-state index in [-0.39, 0.29) is 5.52 Å². The van der Waals surface area contributed by atoms with Crippen LogP contribution in [-0.4, -0.2) is 51.9 Å². The van der Waals surface area contributed by atoms with Gasteiger partial charge < -0.3 is 14.7 Å². The van der Waals surface area contributed by atoms with E-state index < -0.39 is 18.1 Å². The van der Waals surface area contributed by atoms with E-state index in [0.29, 0.717) is 43.5 Å². The standard InChI is InChI=1S/C19H18N4O4/c24-16(25)12-23-18(26)17-15(21-19(23)22-8-10-27-11-9-22)7-6-14(20-17)13-4-2-1-3-5-13/h1-7H,8-12H2,(H,24,25). The summed E-state index contributed by atoms with van der Waals surface area (Å²) in [6.45, 7) is 1.64. The van der Waals surface area contributed by atoms with Gasteiger partial charge in [0.05, 0.1) is 24.4 Å². The highest BCUT2D eigenvalue weighted by Crippen LogP contribution is 2.21. The number of morpholine rings is 1. The summed E-state index contributed by atoms with van der Waals surface area (Å²) in [6.07, 6.45) is 0. The van der Waals surface area contributed by atoms with Crippen molar-refractivity contribution in [3.05, 3.63) is 52.8 Å². The van der Waals surface area contributed by atoms with Gasteiger partial charge in [0.15, 0.2) is 5.52 Å². The molecule has 8 nitrogen and oxygen atoms in total. The first-order valence-corrected chi connectivity index (χ1v) is 8.65. The minimum absolute atomic E-state index is 0.162. The van der Waals surface area contributed by atoms with Crippen LogP contribution in [0.3, 0.4) is 0 Å². The lowest BCUT2D eigenvalue weighted by Gasteiger charge is -2.29. The number of hydrogen-bond acceptors (Lipinski definition) is 6. The van der Waals surface area contributed by atoms with Crippen molar-refractivity contribution in [2.24, 2.45) is 0 Å². The van der Waals surface area contributed by atoms with Gasteiger partial charge in [0.1, 0.15) is 6.54 Å². The average molecular weight is 366 g/mol. The van der Waals surface area contributed by atoms with E-state index in [1.807, 2.05) is 41.3 Å². The Bertz CT molecular complexity index is 1040. The van der Waals surface area contributed by atoms with E-state index >= 15 is 0 Å². The zero-order valence-corrected chi connectivity index (χ0v) is 14.5. The number of pyridine rings is 1. The fraction of sp³-hybridized carbons (Fsp3) is 0.263. The predicted octanol–water partition coefficient (Wildman–Crippen LogP) is 1.38. The van der Waals surface area contributed by atoms with Crippen molar-refractivity contribution < 1.29 is 14.6 Å². The molecule has 0 unspecified atom stereocenters. The first-order valence-electron chi connectivity index (χ1n) is 8.65.